The number of carbonyl (C=O) groups excluding carboxylic acids is 4. The fraction of sp³-hybridized carbons (Fsp3) is 0.395. The first kappa shape index (κ1) is 56.2. The maximum atomic E-state index is 11.8. The van der Waals surface area contributed by atoms with Gasteiger partial charge in [0.2, 0.25) is 0 Å². The van der Waals surface area contributed by atoms with Crippen molar-refractivity contribution in [1.82, 2.24) is 20.8 Å². The molecule has 2 atom stereocenters. The molecule has 2 unspecified atom stereocenters. The van der Waals surface area contributed by atoms with E-state index in [2.05, 4.69) is 29.9 Å². The third kappa shape index (κ3) is 22.6. The quantitative estimate of drug-likeness (QED) is 0.0212. The molecule has 0 spiro atoms. The van der Waals surface area contributed by atoms with Crippen LogP contribution in [0.3, 0.4) is 0 Å². The average molecular weight is 848 g/mol. The van der Waals surface area contributed by atoms with Crippen LogP contribution in [0.5, 0.6) is 0 Å². The number of ether oxygens (including phenoxy) is 2. The van der Waals surface area contributed by atoms with Crippen LogP contribution >= 0.6 is 0 Å². The van der Waals surface area contributed by atoms with Gasteiger partial charge in [0.05, 0.1) is 33.0 Å². The van der Waals surface area contributed by atoms with Crippen molar-refractivity contribution >= 4 is 43.7 Å². The molecule has 3 aliphatic rings. The standard InChI is InChI=1S/C15H20N2O4.C11H13BN2O4.C7H9NO.C4H8BNO4.CH4.Li.H2O/c1-15(2,3)21-14(19)16-12-9-17(13(12)18)20-10-11-7-5-4-6-8-11;13-10(9(6-15)14-12-11(16)18-12)17-7-8-4-2-1-3-5-8;8-9-6-7-4-2-1-3-5-7;7-1-3(2-8)6-5-4(9)10-5;;;/h4-8,12H,9-10H2,1-3H3,(H,16,19);1-5,9,13-15H,6-7H2;1-5H,6,8H2;3,6-8H,1-2H2;1H4;;1H2/q;;;;;+1;/p-1. The summed E-state index contributed by atoms with van der Waals surface area (Å²) in [6.07, 6.45) is -0.594. The van der Waals surface area contributed by atoms with Crippen LogP contribution < -0.4 is 40.5 Å². The predicted octanol–water partition coefficient (Wildman–Crippen LogP) is -1.11. The fourth-order valence-corrected chi connectivity index (χ4v) is 4.44. The molecule has 3 heterocycles. The van der Waals surface area contributed by atoms with Crippen molar-refractivity contribution < 1.29 is 87.3 Å². The zero-order valence-electron chi connectivity index (χ0n) is 33.9. The predicted molar refractivity (Wildman–Crippen MR) is 219 cm³/mol. The number of aliphatic hydroxyl groups excluding tert-OH is 3. The molecular formula is C38H55B2LiN6O14. The molecule has 2 amide bonds. The Balaban J connectivity index is 0.000000817. The van der Waals surface area contributed by atoms with E-state index in [0.717, 1.165) is 16.7 Å². The van der Waals surface area contributed by atoms with Gasteiger partial charge in [-0.25, -0.2) is 15.8 Å². The molecule has 0 aromatic heterocycles. The number of nitrogens with two attached hydrogens (primary N) is 1. The summed E-state index contributed by atoms with van der Waals surface area (Å²) in [4.78, 5) is 54.0. The Kier molecular flexibility index (Phi) is 27.1. The third-order valence-corrected chi connectivity index (χ3v) is 7.60. The monoisotopic (exact) mass is 848 g/mol. The maximum absolute atomic E-state index is 11.8. The smallest absolute Gasteiger partial charge is 0.870 e. The number of hydroxylamine groups is 2. The van der Waals surface area contributed by atoms with E-state index in [9.17, 15) is 19.2 Å². The molecular weight excluding hydrogens is 793 g/mol. The van der Waals surface area contributed by atoms with Gasteiger partial charge in [-0.15, -0.1) is 0 Å². The summed E-state index contributed by atoms with van der Waals surface area (Å²) in [5.41, 5.74) is 2.42. The summed E-state index contributed by atoms with van der Waals surface area (Å²) in [5, 5.41) is 42.8. The summed E-state index contributed by atoms with van der Waals surface area (Å²) in [6.45, 7) is 5.95. The van der Waals surface area contributed by atoms with E-state index in [-0.39, 0.29) is 81.7 Å². The van der Waals surface area contributed by atoms with Gasteiger partial charge in [0, 0.05) is 6.04 Å². The molecule has 61 heavy (non-hydrogen) atoms. The second kappa shape index (κ2) is 29.4. The SMILES string of the molecule is C.CC(C)(C)OC(=O)NC1CN(OCc2ccccc2)C1=O.N=C(OCc1ccccc1)C(CO)NB1OC1=O.NOCc1ccccc1.O=C1OB1NC(CO)CO.[Li+].[OH-]. The molecule has 3 aromatic carbocycles. The Labute approximate surface area is 367 Å². The number of nitrogens with zero attached hydrogens (tertiary/aromatic N) is 1. The number of β-lactam (4-membered cyclic amide) rings is 1. The van der Waals surface area contributed by atoms with Crippen molar-refractivity contribution in [3.05, 3.63) is 108 Å². The molecule has 0 bridgehead atoms. The fourth-order valence-electron chi connectivity index (χ4n) is 4.44. The average Bonchev–Trinajstić information content (AvgIpc) is 4.13. The zero-order chi connectivity index (χ0) is 42.5. The Morgan fingerprint density at radius 1 is 0.820 bits per heavy atom. The van der Waals surface area contributed by atoms with Gasteiger partial charge in [-0.2, -0.15) is 0 Å². The number of alkyl carbamates (subject to hydrolysis) is 1. The third-order valence-electron chi connectivity index (χ3n) is 7.60. The summed E-state index contributed by atoms with van der Waals surface area (Å²) in [6, 6.07) is 27.0. The molecule has 0 saturated carbocycles. The Morgan fingerprint density at radius 3 is 1.66 bits per heavy atom. The number of nitrogens with one attached hydrogen (secondary N) is 4. The second-order valence-electron chi connectivity index (χ2n) is 13.6. The first-order valence-electron chi connectivity index (χ1n) is 18.1. The second-order valence-corrected chi connectivity index (χ2v) is 13.6. The van der Waals surface area contributed by atoms with E-state index >= 15 is 0 Å². The van der Waals surface area contributed by atoms with Gasteiger partial charge in [0.25, 0.3) is 5.91 Å². The molecule has 3 aromatic rings. The maximum Gasteiger partial charge on any atom is 1.00 e. The van der Waals surface area contributed by atoms with Gasteiger partial charge in [-0.1, -0.05) is 98.4 Å². The summed E-state index contributed by atoms with van der Waals surface area (Å²) in [7, 11) is -1.33. The number of hydrogen-bond acceptors (Lipinski definition) is 18. The van der Waals surface area contributed by atoms with Crippen LogP contribution in [-0.4, -0.2) is 120 Å². The van der Waals surface area contributed by atoms with Gasteiger partial charge in [-0.05, 0) is 37.5 Å². The van der Waals surface area contributed by atoms with Gasteiger partial charge in [-0.3, -0.25) is 34.7 Å². The van der Waals surface area contributed by atoms with Crippen LogP contribution in [0.2, 0.25) is 0 Å². The van der Waals surface area contributed by atoms with Crippen LogP contribution in [0.1, 0.15) is 44.9 Å². The van der Waals surface area contributed by atoms with Gasteiger partial charge >= 0.3 is 50.8 Å². The van der Waals surface area contributed by atoms with Crippen molar-refractivity contribution in [3.63, 3.8) is 0 Å². The minimum Gasteiger partial charge on any atom is -0.870 e. The molecule has 0 aliphatic carbocycles. The largest absolute Gasteiger partial charge is 1.00 e. The molecule has 3 aliphatic heterocycles. The van der Waals surface area contributed by atoms with Gasteiger partial charge in [0.15, 0.2) is 5.90 Å². The van der Waals surface area contributed by atoms with E-state index in [1.807, 2.05) is 91.0 Å². The number of hydrogen-bond donors (Lipinski definition) is 8. The van der Waals surface area contributed by atoms with E-state index < -0.39 is 43.9 Å². The van der Waals surface area contributed by atoms with Gasteiger partial charge < -0.3 is 50.1 Å². The van der Waals surface area contributed by atoms with Crippen LogP contribution in [0, 0.1) is 5.41 Å². The Morgan fingerprint density at radius 2 is 1.26 bits per heavy atom. The number of benzene rings is 3. The first-order chi connectivity index (χ1) is 27.8. The Bertz CT molecular complexity index is 1730. The zero-order valence-corrected chi connectivity index (χ0v) is 33.9. The van der Waals surface area contributed by atoms with Crippen LogP contribution in [0.25, 0.3) is 0 Å². The molecule has 10 N–H and O–H groups in total. The van der Waals surface area contributed by atoms with Crippen LogP contribution in [0.15, 0.2) is 91.0 Å². The van der Waals surface area contributed by atoms with Crippen molar-refractivity contribution in [3.8, 4) is 0 Å². The minimum absolute atomic E-state index is 0. The number of aliphatic hydroxyl groups is 3. The molecule has 20 nitrogen and oxygen atoms in total. The van der Waals surface area contributed by atoms with Crippen molar-refractivity contribution in [2.24, 2.45) is 5.90 Å². The van der Waals surface area contributed by atoms with Crippen molar-refractivity contribution in [2.75, 3.05) is 26.4 Å². The number of carbonyl (C=O) groups is 4. The molecule has 3 fully saturated rings. The topological polar surface area (TPSA) is 310 Å². The van der Waals surface area contributed by atoms with E-state index in [4.69, 9.17) is 40.9 Å². The molecule has 6 rings (SSSR count). The van der Waals surface area contributed by atoms with E-state index in [1.165, 1.54) is 5.06 Å². The molecule has 3 saturated heterocycles. The normalized spacial score (nSPS) is 14.7. The molecule has 328 valence electrons. The number of rotatable bonds is 16. The molecule has 0 radical (unpaired) electrons. The van der Waals surface area contributed by atoms with Crippen LogP contribution in [-0.2, 0) is 53.1 Å². The van der Waals surface area contributed by atoms with E-state index in [0.29, 0.717) is 19.8 Å². The summed E-state index contributed by atoms with van der Waals surface area (Å²) >= 11 is 0. The summed E-state index contributed by atoms with van der Waals surface area (Å²) in [5.74, 6) is 3.75. The molecule has 23 heteroatoms. The first-order valence-corrected chi connectivity index (χ1v) is 18.1. The van der Waals surface area contributed by atoms with Crippen LogP contribution in [0.4, 0.5) is 14.4 Å². The minimum atomic E-state index is -0.731. The van der Waals surface area contributed by atoms with Gasteiger partial charge in [0.1, 0.15) is 30.9 Å². The van der Waals surface area contributed by atoms with Crippen molar-refractivity contribution in [2.45, 2.75) is 71.7 Å². The summed E-state index contributed by atoms with van der Waals surface area (Å²) < 4.78 is 19.3. The number of amides is 2. The Hall–Kier alpha value is -4.82. The van der Waals surface area contributed by atoms with E-state index in [1.54, 1.807) is 20.8 Å². The van der Waals surface area contributed by atoms with Crippen molar-refractivity contribution in [1.29, 1.82) is 5.41 Å².